The molecular formula is C8H9Cl2FN2O. The molecule has 0 saturated carbocycles. The summed E-state index contributed by atoms with van der Waals surface area (Å²) in [5.74, 6) is -0.486. The molecule has 0 aliphatic carbocycles. The van der Waals surface area contributed by atoms with Gasteiger partial charge in [0.2, 0.25) is 0 Å². The van der Waals surface area contributed by atoms with Gasteiger partial charge in [-0.2, -0.15) is 0 Å². The van der Waals surface area contributed by atoms with Gasteiger partial charge in [0, 0.05) is 13.0 Å². The lowest BCUT2D eigenvalue weighted by molar-refractivity contribution is 0.181. The molecule has 1 aromatic heterocycles. The SMILES string of the molecule is COCC(C)c1nc(Cl)c(F)c(Cl)n1. The molecule has 0 bridgehead atoms. The molecule has 0 aliphatic rings. The van der Waals surface area contributed by atoms with Gasteiger partial charge in [-0.15, -0.1) is 0 Å². The van der Waals surface area contributed by atoms with Crippen LogP contribution in [0.3, 0.4) is 0 Å². The highest BCUT2D eigenvalue weighted by atomic mass is 35.5. The number of rotatable bonds is 3. The summed E-state index contributed by atoms with van der Waals surface area (Å²) in [4.78, 5) is 7.53. The van der Waals surface area contributed by atoms with Gasteiger partial charge in [0.1, 0.15) is 5.82 Å². The average Bonchev–Trinajstić information content (AvgIpc) is 2.13. The Morgan fingerprint density at radius 2 is 1.86 bits per heavy atom. The van der Waals surface area contributed by atoms with Crippen LogP contribution in [0.2, 0.25) is 10.3 Å². The number of hydrogen-bond acceptors (Lipinski definition) is 3. The second kappa shape index (κ2) is 4.87. The molecule has 1 aromatic rings. The minimum atomic E-state index is -0.790. The molecule has 1 unspecified atom stereocenters. The standard InChI is InChI=1S/C8H9Cl2FN2O/c1-4(3-14-2)8-12-6(9)5(11)7(10)13-8/h4H,3H2,1-2H3. The lowest BCUT2D eigenvalue weighted by atomic mass is 10.2. The third-order valence-electron chi connectivity index (χ3n) is 1.65. The maximum Gasteiger partial charge on any atom is 0.197 e. The summed E-state index contributed by atoms with van der Waals surface area (Å²) in [5, 5.41) is -0.522. The fraction of sp³-hybridized carbons (Fsp3) is 0.500. The van der Waals surface area contributed by atoms with Crippen molar-refractivity contribution in [3.05, 3.63) is 21.9 Å². The normalized spacial score (nSPS) is 12.9. The van der Waals surface area contributed by atoms with Crippen LogP contribution in [-0.2, 0) is 4.74 Å². The number of nitrogens with zero attached hydrogens (tertiary/aromatic N) is 2. The van der Waals surface area contributed by atoms with E-state index in [4.69, 9.17) is 27.9 Å². The quantitative estimate of drug-likeness (QED) is 0.760. The molecule has 78 valence electrons. The molecule has 0 N–H and O–H groups in total. The van der Waals surface area contributed by atoms with E-state index in [0.717, 1.165) is 0 Å². The Bertz CT molecular complexity index is 312. The van der Waals surface area contributed by atoms with Crippen molar-refractivity contribution in [2.45, 2.75) is 12.8 Å². The summed E-state index contributed by atoms with van der Waals surface area (Å²) in [7, 11) is 1.56. The summed E-state index contributed by atoms with van der Waals surface area (Å²) < 4.78 is 17.8. The maximum absolute atomic E-state index is 12.9. The van der Waals surface area contributed by atoms with Crippen molar-refractivity contribution in [3.63, 3.8) is 0 Å². The van der Waals surface area contributed by atoms with Crippen molar-refractivity contribution in [2.24, 2.45) is 0 Å². The van der Waals surface area contributed by atoms with Crippen LogP contribution in [0, 0.1) is 5.82 Å². The first-order valence-electron chi connectivity index (χ1n) is 3.93. The number of halogens is 3. The van der Waals surface area contributed by atoms with Crippen LogP contribution >= 0.6 is 23.2 Å². The second-order valence-corrected chi connectivity index (χ2v) is 3.55. The molecule has 14 heavy (non-hydrogen) atoms. The van der Waals surface area contributed by atoms with Crippen molar-refractivity contribution >= 4 is 23.2 Å². The molecule has 1 atom stereocenters. The van der Waals surface area contributed by atoms with Gasteiger partial charge < -0.3 is 4.74 Å². The van der Waals surface area contributed by atoms with Crippen molar-refractivity contribution in [3.8, 4) is 0 Å². The van der Waals surface area contributed by atoms with Gasteiger partial charge in [0.05, 0.1) is 6.61 Å². The molecule has 0 aromatic carbocycles. The summed E-state index contributed by atoms with van der Waals surface area (Å²) in [6.45, 7) is 2.27. The van der Waals surface area contributed by atoms with E-state index < -0.39 is 5.82 Å². The molecule has 1 heterocycles. The zero-order chi connectivity index (χ0) is 10.7. The molecule has 3 nitrogen and oxygen atoms in total. The van der Waals surface area contributed by atoms with E-state index >= 15 is 0 Å². The van der Waals surface area contributed by atoms with Gasteiger partial charge in [0.15, 0.2) is 16.1 Å². The summed E-state index contributed by atoms with van der Waals surface area (Å²) in [6, 6.07) is 0. The van der Waals surface area contributed by atoms with Crippen LogP contribution < -0.4 is 0 Å². The Hall–Kier alpha value is -0.450. The summed E-state index contributed by atoms with van der Waals surface area (Å²) in [5.41, 5.74) is 0. The third-order valence-corrected chi connectivity index (χ3v) is 2.15. The van der Waals surface area contributed by atoms with Gasteiger partial charge >= 0.3 is 0 Å². The van der Waals surface area contributed by atoms with Gasteiger partial charge in [-0.25, -0.2) is 14.4 Å². The van der Waals surface area contributed by atoms with Crippen LogP contribution in [-0.4, -0.2) is 23.7 Å². The molecular weight excluding hydrogens is 230 g/mol. The monoisotopic (exact) mass is 238 g/mol. The first-order valence-corrected chi connectivity index (χ1v) is 4.69. The van der Waals surface area contributed by atoms with Crippen molar-refractivity contribution in [1.29, 1.82) is 0 Å². The Morgan fingerprint density at radius 1 is 1.36 bits per heavy atom. The second-order valence-electron chi connectivity index (χ2n) is 2.83. The topological polar surface area (TPSA) is 35.0 Å². The lowest BCUT2D eigenvalue weighted by Gasteiger charge is -2.09. The number of ether oxygens (including phenoxy) is 1. The van der Waals surface area contributed by atoms with Crippen molar-refractivity contribution in [2.75, 3.05) is 13.7 Å². The Labute approximate surface area is 91.2 Å². The fourth-order valence-corrected chi connectivity index (χ4v) is 1.35. The van der Waals surface area contributed by atoms with E-state index in [1.165, 1.54) is 0 Å². The van der Waals surface area contributed by atoms with E-state index in [1.54, 1.807) is 7.11 Å². The first kappa shape index (κ1) is 11.6. The maximum atomic E-state index is 12.9. The van der Waals surface area contributed by atoms with Crippen LogP contribution in [0.1, 0.15) is 18.7 Å². The van der Waals surface area contributed by atoms with Crippen LogP contribution in [0.5, 0.6) is 0 Å². The molecule has 0 amide bonds. The predicted octanol–water partition coefficient (Wildman–Crippen LogP) is 2.67. The molecule has 0 spiro atoms. The minimum Gasteiger partial charge on any atom is -0.384 e. The van der Waals surface area contributed by atoms with Crippen LogP contribution in [0.25, 0.3) is 0 Å². The van der Waals surface area contributed by atoms with Gasteiger partial charge in [-0.1, -0.05) is 30.1 Å². The Balaban J connectivity index is 3.00. The minimum absolute atomic E-state index is 0.0735. The highest BCUT2D eigenvalue weighted by Crippen LogP contribution is 2.21. The molecule has 6 heteroatoms. The van der Waals surface area contributed by atoms with E-state index in [2.05, 4.69) is 9.97 Å². The lowest BCUT2D eigenvalue weighted by Crippen LogP contribution is -2.08. The molecule has 0 radical (unpaired) electrons. The summed E-state index contributed by atoms with van der Waals surface area (Å²) in [6.07, 6.45) is 0. The smallest absolute Gasteiger partial charge is 0.197 e. The molecule has 0 saturated heterocycles. The van der Waals surface area contributed by atoms with Crippen LogP contribution in [0.4, 0.5) is 4.39 Å². The van der Waals surface area contributed by atoms with E-state index in [-0.39, 0.29) is 16.2 Å². The zero-order valence-electron chi connectivity index (χ0n) is 7.72. The highest BCUT2D eigenvalue weighted by molar-refractivity contribution is 6.33. The van der Waals surface area contributed by atoms with Gasteiger partial charge in [-0.3, -0.25) is 0 Å². The number of hydrogen-bond donors (Lipinski definition) is 0. The fourth-order valence-electron chi connectivity index (χ4n) is 0.954. The van der Waals surface area contributed by atoms with Crippen LogP contribution in [0.15, 0.2) is 0 Å². The average molecular weight is 239 g/mol. The first-order chi connectivity index (χ1) is 6.56. The molecule has 0 fully saturated rings. The largest absolute Gasteiger partial charge is 0.384 e. The Kier molecular flexibility index (Phi) is 4.04. The van der Waals surface area contributed by atoms with E-state index in [0.29, 0.717) is 12.4 Å². The highest BCUT2D eigenvalue weighted by Gasteiger charge is 2.15. The van der Waals surface area contributed by atoms with Crippen molar-refractivity contribution < 1.29 is 9.13 Å². The predicted molar refractivity (Wildman–Crippen MR) is 52.3 cm³/mol. The number of aromatic nitrogens is 2. The van der Waals surface area contributed by atoms with E-state index in [9.17, 15) is 4.39 Å². The third kappa shape index (κ3) is 2.53. The van der Waals surface area contributed by atoms with E-state index in [1.807, 2.05) is 6.92 Å². The summed E-state index contributed by atoms with van der Waals surface area (Å²) >= 11 is 11.0. The van der Waals surface area contributed by atoms with Gasteiger partial charge in [-0.05, 0) is 0 Å². The molecule has 1 rings (SSSR count). The Morgan fingerprint density at radius 3 is 2.29 bits per heavy atom. The molecule has 0 aliphatic heterocycles. The number of methoxy groups -OCH3 is 1. The zero-order valence-corrected chi connectivity index (χ0v) is 9.23. The van der Waals surface area contributed by atoms with Crippen molar-refractivity contribution in [1.82, 2.24) is 9.97 Å². The van der Waals surface area contributed by atoms with Gasteiger partial charge in [0.25, 0.3) is 0 Å².